The predicted molar refractivity (Wildman–Crippen MR) is 397 cm³/mol. The molecule has 0 bridgehead atoms. The van der Waals surface area contributed by atoms with E-state index in [-0.39, 0.29) is 22.3 Å². The minimum absolute atomic E-state index is 0.184. The maximum atomic E-state index is 13.3. The summed E-state index contributed by atoms with van der Waals surface area (Å²) in [7, 11) is 0. The van der Waals surface area contributed by atoms with Gasteiger partial charge in [0.25, 0.3) is 0 Å². The van der Waals surface area contributed by atoms with Gasteiger partial charge in [-0.15, -0.1) is 0 Å². The summed E-state index contributed by atoms with van der Waals surface area (Å²) >= 11 is 0. The highest BCUT2D eigenvalue weighted by Crippen LogP contribution is 2.56. The number of aromatic nitrogens is 6. The van der Waals surface area contributed by atoms with Crippen LogP contribution in [0.1, 0.15) is 22.3 Å². The first-order valence-electron chi connectivity index (χ1n) is 32.6. The Hall–Kier alpha value is -14.2. The van der Waals surface area contributed by atoms with Gasteiger partial charge in [0, 0.05) is 75.8 Å². The van der Waals surface area contributed by atoms with E-state index in [2.05, 4.69) is 197 Å². The molecule has 10 heteroatoms. The molecule has 0 N–H and O–H groups in total. The van der Waals surface area contributed by atoms with E-state index in [1.165, 1.54) is 0 Å². The molecule has 0 saturated carbocycles. The summed E-state index contributed by atoms with van der Waals surface area (Å²) in [4.78, 5) is 0. The van der Waals surface area contributed by atoms with Crippen LogP contribution in [-0.4, -0.2) is 27.4 Å². The molecule has 20 aromatic rings. The van der Waals surface area contributed by atoms with Gasteiger partial charge in [-0.05, 0) is 72.8 Å². The lowest BCUT2D eigenvalue weighted by Gasteiger charge is -2.31. The number of hydrogen-bond acceptors (Lipinski definition) is 4. The lowest BCUT2D eigenvalue weighted by atomic mass is 9.86. The number of nitriles is 4. The van der Waals surface area contributed by atoms with Crippen molar-refractivity contribution in [3.05, 3.63) is 313 Å². The first-order chi connectivity index (χ1) is 48.6. The van der Waals surface area contributed by atoms with Crippen molar-refractivity contribution in [3.63, 3.8) is 0 Å². The van der Waals surface area contributed by atoms with Gasteiger partial charge < -0.3 is 27.4 Å². The van der Waals surface area contributed by atoms with Crippen molar-refractivity contribution in [2.75, 3.05) is 0 Å². The van der Waals surface area contributed by atoms with Crippen molar-refractivity contribution < 1.29 is 0 Å². The van der Waals surface area contributed by atoms with Gasteiger partial charge >= 0.3 is 0 Å². The van der Waals surface area contributed by atoms with Crippen LogP contribution >= 0.6 is 0 Å². The highest BCUT2D eigenvalue weighted by atomic mass is 15.1. The Morgan fingerprint density at radius 2 is 0.265 bits per heavy atom. The van der Waals surface area contributed by atoms with Crippen LogP contribution in [0.15, 0.2) is 291 Å². The van der Waals surface area contributed by atoms with Gasteiger partial charge in [-0.2, -0.15) is 21.0 Å². The first kappa shape index (κ1) is 54.4. The number of nitrogens with zero attached hydrogens (tertiary/aromatic N) is 10. The third kappa shape index (κ3) is 7.13. The van der Waals surface area contributed by atoms with E-state index in [1.54, 1.807) is 0 Å². The first-order valence-corrected chi connectivity index (χ1v) is 32.6. The van der Waals surface area contributed by atoms with E-state index in [1.807, 2.05) is 146 Å². The van der Waals surface area contributed by atoms with Gasteiger partial charge in [-0.25, -0.2) is 0 Å². The van der Waals surface area contributed by atoms with Crippen LogP contribution < -0.4 is 0 Å². The third-order valence-electron chi connectivity index (χ3n) is 20.4. The largest absolute Gasteiger partial charge is 0.307 e. The molecule has 0 aliphatic heterocycles. The maximum Gasteiger partial charge on any atom is 0.104 e. The maximum absolute atomic E-state index is 13.3. The van der Waals surface area contributed by atoms with E-state index in [9.17, 15) is 21.0 Å². The van der Waals surface area contributed by atoms with Crippen LogP contribution in [-0.2, 0) is 0 Å². The second-order valence-electron chi connectivity index (χ2n) is 25.0. The Kier molecular flexibility index (Phi) is 11.5. The van der Waals surface area contributed by atoms with Crippen molar-refractivity contribution in [2.24, 2.45) is 0 Å². The Labute approximate surface area is 559 Å². The van der Waals surface area contributed by atoms with Gasteiger partial charge in [0.15, 0.2) is 0 Å². The fraction of sp³-hybridized carbons (Fsp3) is 0. The molecule has 450 valence electrons. The Morgan fingerprint density at radius 3 is 0.388 bits per heavy atom. The number of para-hydroxylation sites is 12. The fourth-order valence-corrected chi connectivity index (χ4v) is 16.6. The molecule has 0 amide bonds. The van der Waals surface area contributed by atoms with Crippen LogP contribution in [0.25, 0.3) is 176 Å². The average molecular weight is 1250 g/mol. The summed E-state index contributed by atoms with van der Waals surface area (Å²) in [5, 5.41) is 64.3. The van der Waals surface area contributed by atoms with Crippen LogP contribution in [0, 0.1) is 45.3 Å². The highest BCUT2D eigenvalue weighted by molar-refractivity contribution is 6.20. The van der Waals surface area contributed by atoms with Crippen molar-refractivity contribution in [3.8, 4) is 69.5 Å². The molecular formula is C88H48N10. The zero-order valence-corrected chi connectivity index (χ0v) is 52.2. The molecule has 0 spiro atoms. The summed E-state index contributed by atoms with van der Waals surface area (Å²) in [6.07, 6.45) is 0. The topological polar surface area (TPSA) is 125 Å². The molecule has 0 saturated heterocycles. The number of benzene rings is 14. The van der Waals surface area contributed by atoms with E-state index in [0.717, 1.165) is 131 Å². The van der Waals surface area contributed by atoms with Gasteiger partial charge in [0.2, 0.25) is 0 Å². The number of fused-ring (bicyclic) bond motifs is 18. The van der Waals surface area contributed by atoms with E-state index in [4.69, 9.17) is 0 Å². The molecule has 14 aromatic carbocycles. The molecule has 0 aliphatic rings. The monoisotopic (exact) mass is 1240 g/mol. The lowest BCUT2D eigenvalue weighted by molar-refractivity contribution is 1.05. The van der Waals surface area contributed by atoms with Gasteiger partial charge in [0.1, 0.15) is 46.5 Å². The zero-order valence-electron chi connectivity index (χ0n) is 52.2. The minimum atomic E-state index is 0.184. The molecule has 0 atom stereocenters. The summed E-state index contributed by atoms with van der Waals surface area (Å²) in [6.45, 7) is 0. The summed E-state index contributed by atoms with van der Waals surface area (Å²) in [5.41, 5.74) is 13.5. The van der Waals surface area contributed by atoms with Crippen LogP contribution in [0.2, 0.25) is 0 Å². The average Bonchev–Trinajstić information content (AvgIpc) is 1.31. The number of rotatable bonds is 7. The van der Waals surface area contributed by atoms with Crippen molar-refractivity contribution in [1.29, 1.82) is 21.0 Å². The summed E-state index contributed by atoms with van der Waals surface area (Å²) in [6, 6.07) is 111. The minimum Gasteiger partial charge on any atom is -0.307 e. The SMILES string of the molecule is N#Cc1c(-n2c3ccccc3c3ccccc32)c(C#N)c(-n2c3ccccc3c3ccccc32)c(-c2c(-n3c4ccccc4c4ccccc43)c(C#N)c(-n3c4ccccc4c4ccccc43)c(C#N)c2-n2c3ccccc3c3ccccc32)c1-n1c2ccccc2c2ccccc21. The molecule has 0 unspecified atom stereocenters. The molecule has 6 aromatic heterocycles. The molecular weight excluding hydrogens is 1200 g/mol. The van der Waals surface area contributed by atoms with E-state index < -0.39 is 0 Å². The number of hydrogen-bond donors (Lipinski definition) is 0. The quantitative estimate of drug-likeness (QED) is 0.158. The smallest absolute Gasteiger partial charge is 0.104 e. The summed E-state index contributed by atoms with van der Waals surface area (Å²) in [5.74, 6) is 0. The second kappa shape index (κ2) is 20.7. The molecule has 0 fully saturated rings. The fourth-order valence-electron chi connectivity index (χ4n) is 16.6. The molecule has 10 nitrogen and oxygen atoms in total. The van der Waals surface area contributed by atoms with Crippen LogP contribution in [0.3, 0.4) is 0 Å². The lowest BCUT2D eigenvalue weighted by Crippen LogP contribution is -2.18. The standard InChI is InChI=1S/C88H48N10/c89-49-65-83(93-69-37-13-1-25-53(69)54-26-2-14-38-70(54)93)66(50-90)86(96-75-43-19-7-31-59(75)60-32-8-20-44-76(60)96)81(85(65)95-73-41-17-5-29-57(73)58-30-6-18-42-74(58)95)82-87(97-77-45-21-9-33-61(77)62-34-10-22-46-78(62)97)67(51-91)84(94-71-39-15-3-27-55(71)56-28-4-16-40-72(56)94)68(52-92)88(82)98-79-47-23-11-35-63(79)64-36-12-24-48-80(64)98/h1-48H. The molecule has 0 radical (unpaired) electrons. The molecule has 6 heterocycles. The van der Waals surface area contributed by atoms with Crippen LogP contribution in [0.4, 0.5) is 0 Å². The van der Waals surface area contributed by atoms with E-state index in [0.29, 0.717) is 45.3 Å². The second-order valence-corrected chi connectivity index (χ2v) is 25.0. The Bertz CT molecular complexity index is 6070. The molecule has 20 rings (SSSR count). The van der Waals surface area contributed by atoms with Gasteiger partial charge in [-0.3, -0.25) is 0 Å². The Morgan fingerprint density at radius 1 is 0.153 bits per heavy atom. The highest BCUT2D eigenvalue weighted by Gasteiger charge is 2.40. The van der Waals surface area contributed by atoms with Crippen molar-refractivity contribution >= 4 is 131 Å². The zero-order chi connectivity index (χ0) is 65.0. The summed E-state index contributed by atoms with van der Waals surface area (Å²) < 4.78 is 13.1. The van der Waals surface area contributed by atoms with Crippen LogP contribution in [0.5, 0.6) is 0 Å². The van der Waals surface area contributed by atoms with Gasteiger partial charge in [0.05, 0.1) is 100 Å². The normalized spacial score (nSPS) is 11.8. The molecule has 0 aliphatic carbocycles. The van der Waals surface area contributed by atoms with Crippen molar-refractivity contribution in [1.82, 2.24) is 27.4 Å². The van der Waals surface area contributed by atoms with Crippen molar-refractivity contribution in [2.45, 2.75) is 0 Å². The predicted octanol–water partition coefficient (Wildman–Crippen LogP) is 21.4. The van der Waals surface area contributed by atoms with Gasteiger partial charge in [-0.1, -0.05) is 218 Å². The Balaban J connectivity index is 1.18. The van der Waals surface area contributed by atoms with E-state index >= 15 is 0 Å². The third-order valence-corrected chi connectivity index (χ3v) is 20.4. The molecule has 98 heavy (non-hydrogen) atoms.